The van der Waals surface area contributed by atoms with Crippen molar-refractivity contribution >= 4 is 11.6 Å². The van der Waals surface area contributed by atoms with Gasteiger partial charge in [-0.25, -0.2) is 9.97 Å². The van der Waals surface area contributed by atoms with Crippen LogP contribution in [0, 0.1) is 6.92 Å². The SMILES string of the molecule is CCCNc1cc(NCCCC(C)O)nc(C)n1. The first-order chi connectivity index (χ1) is 8.61. The van der Waals surface area contributed by atoms with E-state index in [1.165, 1.54) is 0 Å². The fraction of sp³-hybridized carbons (Fsp3) is 0.692. The Morgan fingerprint density at radius 3 is 2.39 bits per heavy atom. The molecule has 1 heterocycles. The molecule has 0 bridgehead atoms. The lowest BCUT2D eigenvalue weighted by Gasteiger charge is -2.10. The molecule has 0 aliphatic carbocycles. The fourth-order valence-corrected chi connectivity index (χ4v) is 1.62. The molecule has 1 rings (SSSR count). The third-order valence-corrected chi connectivity index (χ3v) is 2.50. The lowest BCUT2D eigenvalue weighted by atomic mass is 10.2. The number of nitrogens with one attached hydrogen (secondary N) is 2. The number of rotatable bonds is 8. The van der Waals surface area contributed by atoms with Crippen LogP contribution < -0.4 is 10.6 Å². The largest absolute Gasteiger partial charge is 0.393 e. The van der Waals surface area contributed by atoms with Gasteiger partial charge in [-0.05, 0) is 33.1 Å². The van der Waals surface area contributed by atoms with Crippen molar-refractivity contribution in [1.82, 2.24) is 9.97 Å². The maximum absolute atomic E-state index is 9.17. The van der Waals surface area contributed by atoms with Gasteiger partial charge in [-0.3, -0.25) is 0 Å². The summed E-state index contributed by atoms with van der Waals surface area (Å²) in [5.41, 5.74) is 0. The molecule has 0 aromatic carbocycles. The van der Waals surface area contributed by atoms with Crippen LogP contribution in [0.3, 0.4) is 0 Å². The van der Waals surface area contributed by atoms with E-state index in [-0.39, 0.29) is 6.10 Å². The van der Waals surface area contributed by atoms with E-state index in [9.17, 15) is 5.11 Å². The van der Waals surface area contributed by atoms with Crippen molar-refractivity contribution in [2.24, 2.45) is 0 Å². The summed E-state index contributed by atoms with van der Waals surface area (Å²) >= 11 is 0. The molecule has 0 amide bonds. The molecule has 1 unspecified atom stereocenters. The normalized spacial score (nSPS) is 12.2. The minimum atomic E-state index is -0.235. The molecule has 5 nitrogen and oxygen atoms in total. The van der Waals surface area contributed by atoms with Crippen molar-refractivity contribution in [3.05, 3.63) is 11.9 Å². The van der Waals surface area contributed by atoms with Gasteiger partial charge in [-0.2, -0.15) is 0 Å². The summed E-state index contributed by atoms with van der Waals surface area (Å²) in [4.78, 5) is 8.66. The highest BCUT2D eigenvalue weighted by Crippen LogP contribution is 2.11. The monoisotopic (exact) mass is 252 g/mol. The van der Waals surface area contributed by atoms with Crippen LogP contribution in [0.2, 0.25) is 0 Å². The molecule has 18 heavy (non-hydrogen) atoms. The maximum atomic E-state index is 9.17. The molecule has 0 saturated carbocycles. The number of hydrogen-bond acceptors (Lipinski definition) is 5. The van der Waals surface area contributed by atoms with Gasteiger partial charge < -0.3 is 15.7 Å². The van der Waals surface area contributed by atoms with Gasteiger partial charge in [0.1, 0.15) is 17.5 Å². The Labute approximate surface area is 109 Å². The van der Waals surface area contributed by atoms with Crippen LogP contribution in [0.5, 0.6) is 0 Å². The third-order valence-electron chi connectivity index (χ3n) is 2.50. The minimum absolute atomic E-state index is 0.235. The summed E-state index contributed by atoms with van der Waals surface area (Å²) < 4.78 is 0. The first kappa shape index (κ1) is 14.7. The highest BCUT2D eigenvalue weighted by molar-refractivity contribution is 5.47. The van der Waals surface area contributed by atoms with E-state index in [0.717, 1.165) is 49.8 Å². The van der Waals surface area contributed by atoms with Crippen molar-refractivity contribution in [2.75, 3.05) is 23.7 Å². The molecule has 1 atom stereocenters. The smallest absolute Gasteiger partial charge is 0.131 e. The number of hydrogen-bond donors (Lipinski definition) is 3. The van der Waals surface area contributed by atoms with Crippen molar-refractivity contribution in [3.8, 4) is 0 Å². The average Bonchev–Trinajstić information content (AvgIpc) is 2.31. The molecular formula is C13H24N4O. The quantitative estimate of drug-likeness (QED) is 0.619. The predicted molar refractivity (Wildman–Crippen MR) is 75.0 cm³/mol. The van der Waals surface area contributed by atoms with Crippen molar-refractivity contribution in [1.29, 1.82) is 0 Å². The van der Waals surface area contributed by atoms with Crippen molar-refractivity contribution < 1.29 is 5.11 Å². The Bertz CT molecular complexity index is 355. The molecule has 1 aromatic rings. The van der Waals surface area contributed by atoms with E-state index in [1.807, 2.05) is 19.9 Å². The van der Waals surface area contributed by atoms with Gasteiger partial charge in [0.05, 0.1) is 6.10 Å². The van der Waals surface area contributed by atoms with Crippen molar-refractivity contribution in [2.45, 2.75) is 46.1 Å². The maximum Gasteiger partial charge on any atom is 0.131 e. The standard InChI is InChI=1S/C13H24N4O/c1-4-7-14-12-9-13(17-11(3)16-12)15-8-5-6-10(2)18/h9-10,18H,4-8H2,1-3H3,(H2,14,15,16,17). The van der Waals surface area contributed by atoms with Crippen LogP contribution >= 0.6 is 0 Å². The zero-order valence-corrected chi connectivity index (χ0v) is 11.5. The van der Waals surface area contributed by atoms with Gasteiger partial charge in [-0.1, -0.05) is 6.92 Å². The zero-order chi connectivity index (χ0) is 13.4. The van der Waals surface area contributed by atoms with Gasteiger partial charge >= 0.3 is 0 Å². The van der Waals surface area contributed by atoms with Crippen LogP contribution in [0.25, 0.3) is 0 Å². The van der Waals surface area contributed by atoms with Crippen LogP contribution in [-0.2, 0) is 0 Å². The van der Waals surface area contributed by atoms with Crippen LogP contribution in [0.1, 0.15) is 38.9 Å². The Kier molecular flexibility index (Phi) is 6.43. The molecule has 0 radical (unpaired) electrons. The minimum Gasteiger partial charge on any atom is -0.393 e. The van der Waals surface area contributed by atoms with E-state index >= 15 is 0 Å². The van der Waals surface area contributed by atoms with Crippen LogP contribution in [0.15, 0.2) is 6.07 Å². The Balaban J connectivity index is 2.46. The number of aromatic nitrogens is 2. The molecule has 3 N–H and O–H groups in total. The fourth-order valence-electron chi connectivity index (χ4n) is 1.62. The van der Waals surface area contributed by atoms with Crippen molar-refractivity contribution in [3.63, 3.8) is 0 Å². The lowest BCUT2D eigenvalue weighted by molar-refractivity contribution is 0.183. The molecule has 102 valence electrons. The lowest BCUT2D eigenvalue weighted by Crippen LogP contribution is -2.10. The van der Waals surface area contributed by atoms with Gasteiger partial charge in [0.15, 0.2) is 0 Å². The van der Waals surface area contributed by atoms with E-state index in [0.29, 0.717) is 0 Å². The molecule has 0 fully saturated rings. The number of aryl methyl sites for hydroxylation is 1. The average molecular weight is 252 g/mol. The molecule has 0 aliphatic heterocycles. The molecular weight excluding hydrogens is 228 g/mol. The molecule has 0 saturated heterocycles. The highest BCUT2D eigenvalue weighted by atomic mass is 16.3. The summed E-state index contributed by atoms with van der Waals surface area (Å²) in [6.07, 6.45) is 2.57. The molecule has 0 spiro atoms. The Hall–Kier alpha value is -1.36. The van der Waals surface area contributed by atoms with Crippen LogP contribution in [-0.4, -0.2) is 34.3 Å². The first-order valence-corrected chi connectivity index (χ1v) is 6.63. The second kappa shape index (κ2) is 7.87. The second-order valence-corrected chi connectivity index (χ2v) is 4.53. The van der Waals surface area contributed by atoms with E-state index in [2.05, 4.69) is 27.5 Å². The Morgan fingerprint density at radius 2 is 1.83 bits per heavy atom. The summed E-state index contributed by atoms with van der Waals surface area (Å²) in [5.74, 6) is 2.46. The highest BCUT2D eigenvalue weighted by Gasteiger charge is 2.01. The van der Waals surface area contributed by atoms with E-state index in [4.69, 9.17) is 0 Å². The zero-order valence-electron chi connectivity index (χ0n) is 11.5. The number of aliphatic hydroxyl groups excluding tert-OH is 1. The summed E-state index contributed by atoms with van der Waals surface area (Å²) in [6, 6.07) is 1.92. The summed E-state index contributed by atoms with van der Waals surface area (Å²) in [6.45, 7) is 7.54. The topological polar surface area (TPSA) is 70.1 Å². The molecule has 5 heteroatoms. The molecule has 0 aliphatic rings. The van der Waals surface area contributed by atoms with E-state index in [1.54, 1.807) is 0 Å². The summed E-state index contributed by atoms with van der Waals surface area (Å²) in [7, 11) is 0. The number of aliphatic hydroxyl groups is 1. The predicted octanol–water partition coefficient (Wildman–Crippen LogP) is 2.18. The number of anilines is 2. The number of nitrogens with zero attached hydrogens (tertiary/aromatic N) is 2. The molecule has 1 aromatic heterocycles. The van der Waals surface area contributed by atoms with E-state index < -0.39 is 0 Å². The van der Waals surface area contributed by atoms with Gasteiger partial charge in [0.2, 0.25) is 0 Å². The van der Waals surface area contributed by atoms with Gasteiger partial charge in [-0.15, -0.1) is 0 Å². The second-order valence-electron chi connectivity index (χ2n) is 4.53. The Morgan fingerprint density at radius 1 is 1.22 bits per heavy atom. The third kappa shape index (κ3) is 5.82. The van der Waals surface area contributed by atoms with Crippen LogP contribution in [0.4, 0.5) is 11.6 Å². The van der Waals surface area contributed by atoms with Gasteiger partial charge in [0, 0.05) is 19.2 Å². The summed E-state index contributed by atoms with van der Waals surface area (Å²) in [5, 5.41) is 15.7. The van der Waals surface area contributed by atoms with Gasteiger partial charge in [0.25, 0.3) is 0 Å². The first-order valence-electron chi connectivity index (χ1n) is 6.63.